The zero-order valence-corrected chi connectivity index (χ0v) is 18.6. The molecule has 0 saturated carbocycles. The van der Waals surface area contributed by atoms with Crippen LogP contribution in [0.25, 0.3) is 0 Å². The predicted octanol–water partition coefficient (Wildman–Crippen LogP) is 2.98. The standard InChI is InChI=1S/C18H35NO7Si/c1-9-16(27(22-10-2,23-11-3)24-12-4)19-18(21)26-15(8)14(7)25-17(20)13(5)6/h14-16H,5,9-12H2,1-4,6-8H3,(H,19,21). The average molecular weight is 406 g/mol. The Balaban J connectivity index is 5.02. The number of hydrogen-bond acceptors (Lipinski definition) is 7. The van der Waals surface area contributed by atoms with Crippen molar-refractivity contribution in [2.45, 2.75) is 72.8 Å². The maximum atomic E-state index is 12.4. The third kappa shape index (κ3) is 8.42. The molecule has 8 nitrogen and oxygen atoms in total. The Kier molecular flexibility index (Phi) is 12.2. The minimum absolute atomic E-state index is 0.283. The van der Waals surface area contributed by atoms with Crippen molar-refractivity contribution in [2.75, 3.05) is 19.8 Å². The van der Waals surface area contributed by atoms with Gasteiger partial charge in [-0.25, -0.2) is 9.59 Å². The fourth-order valence-corrected chi connectivity index (χ4v) is 5.13. The van der Waals surface area contributed by atoms with E-state index in [1.807, 2.05) is 27.7 Å². The van der Waals surface area contributed by atoms with E-state index in [0.29, 0.717) is 26.2 Å². The van der Waals surface area contributed by atoms with Crippen LogP contribution in [0.4, 0.5) is 4.79 Å². The van der Waals surface area contributed by atoms with Gasteiger partial charge >= 0.3 is 20.9 Å². The summed E-state index contributed by atoms with van der Waals surface area (Å²) in [6.45, 7) is 17.1. The molecule has 0 saturated heterocycles. The van der Waals surface area contributed by atoms with Crippen LogP contribution in [0.3, 0.4) is 0 Å². The largest absolute Gasteiger partial charge is 0.524 e. The smallest absolute Gasteiger partial charge is 0.455 e. The van der Waals surface area contributed by atoms with Crippen LogP contribution in [0.1, 0.15) is 54.9 Å². The average Bonchev–Trinajstić information content (AvgIpc) is 2.59. The lowest BCUT2D eigenvalue weighted by Gasteiger charge is -2.35. The lowest BCUT2D eigenvalue weighted by atomic mass is 10.2. The van der Waals surface area contributed by atoms with E-state index in [2.05, 4.69) is 11.9 Å². The zero-order chi connectivity index (χ0) is 21.0. The zero-order valence-electron chi connectivity index (χ0n) is 17.6. The molecular weight excluding hydrogens is 370 g/mol. The molecule has 9 heteroatoms. The highest BCUT2D eigenvalue weighted by Crippen LogP contribution is 2.18. The van der Waals surface area contributed by atoms with Crippen LogP contribution in [0.2, 0.25) is 0 Å². The molecule has 0 heterocycles. The first-order valence-corrected chi connectivity index (χ1v) is 11.2. The van der Waals surface area contributed by atoms with Gasteiger partial charge in [0.05, 0.1) is 0 Å². The van der Waals surface area contributed by atoms with Crippen LogP contribution in [-0.4, -0.2) is 58.6 Å². The SMILES string of the molecule is C=C(C)C(=O)OC(C)C(C)OC(=O)NC(CC)[Si](OCC)(OCC)OCC. The summed E-state index contributed by atoms with van der Waals surface area (Å²) < 4.78 is 28.1. The van der Waals surface area contributed by atoms with Crippen molar-refractivity contribution >= 4 is 20.9 Å². The Bertz CT molecular complexity index is 469. The van der Waals surface area contributed by atoms with Gasteiger partial charge in [-0.1, -0.05) is 13.5 Å². The van der Waals surface area contributed by atoms with E-state index >= 15 is 0 Å². The molecule has 0 aliphatic heterocycles. The van der Waals surface area contributed by atoms with Crippen LogP contribution < -0.4 is 5.32 Å². The first-order chi connectivity index (χ1) is 12.7. The lowest BCUT2D eigenvalue weighted by molar-refractivity contribution is -0.148. The molecule has 158 valence electrons. The van der Waals surface area contributed by atoms with E-state index in [9.17, 15) is 9.59 Å². The second-order valence-electron chi connectivity index (χ2n) is 6.01. The van der Waals surface area contributed by atoms with Crippen LogP contribution in [0.5, 0.6) is 0 Å². The van der Waals surface area contributed by atoms with Crippen molar-refractivity contribution in [1.82, 2.24) is 5.32 Å². The molecule has 1 amide bonds. The minimum Gasteiger partial charge on any atom is -0.455 e. The first-order valence-electron chi connectivity index (χ1n) is 9.42. The number of hydrogen-bond donors (Lipinski definition) is 1. The van der Waals surface area contributed by atoms with E-state index in [0.717, 1.165) is 0 Å². The van der Waals surface area contributed by atoms with Gasteiger partial charge in [-0.15, -0.1) is 0 Å². The summed E-state index contributed by atoms with van der Waals surface area (Å²) in [5, 5.41) is 2.79. The summed E-state index contributed by atoms with van der Waals surface area (Å²) in [5.41, 5.74) is -0.171. The summed E-state index contributed by atoms with van der Waals surface area (Å²) in [6.07, 6.45) is -1.36. The molecular formula is C18H35NO7Si. The molecule has 3 atom stereocenters. The third-order valence-electron chi connectivity index (χ3n) is 3.76. The number of carbonyl (C=O) groups excluding carboxylic acids is 2. The summed E-state index contributed by atoms with van der Waals surface area (Å²) in [7, 11) is -3.12. The van der Waals surface area contributed by atoms with E-state index in [4.69, 9.17) is 22.8 Å². The van der Waals surface area contributed by atoms with Gasteiger partial charge < -0.3 is 28.1 Å². The Labute approximate surface area is 163 Å². The Hall–Kier alpha value is -1.42. The summed E-state index contributed by atoms with van der Waals surface area (Å²) in [5.74, 6) is -0.528. The number of ether oxygens (including phenoxy) is 2. The Morgan fingerprint density at radius 1 is 0.926 bits per heavy atom. The fraction of sp³-hybridized carbons (Fsp3) is 0.778. The number of alkyl carbamates (subject to hydrolysis) is 1. The van der Waals surface area contributed by atoms with Crippen molar-refractivity contribution < 1.29 is 32.3 Å². The molecule has 0 fully saturated rings. The quantitative estimate of drug-likeness (QED) is 0.286. The molecule has 0 aliphatic rings. The lowest BCUT2D eigenvalue weighted by Crippen LogP contribution is -2.63. The van der Waals surface area contributed by atoms with Crippen molar-refractivity contribution in [2.24, 2.45) is 0 Å². The highest BCUT2D eigenvalue weighted by molar-refractivity contribution is 6.62. The van der Waals surface area contributed by atoms with Gasteiger partial charge in [0, 0.05) is 25.4 Å². The molecule has 0 radical (unpaired) electrons. The van der Waals surface area contributed by atoms with Crippen molar-refractivity contribution in [3.63, 3.8) is 0 Å². The number of nitrogens with one attached hydrogen (secondary N) is 1. The second kappa shape index (κ2) is 12.9. The number of rotatable bonds is 13. The molecule has 0 bridgehead atoms. The van der Waals surface area contributed by atoms with Crippen molar-refractivity contribution in [3.8, 4) is 0 Å². The molecule has 0 aromatic heterocycles. The molecule has 0 aliphatic carbocycles. The molecule has 0 aromatic carbocycles. The highest BCUT2D eigenvalue weighted by Gasteiger charge is 2.49. The van der Waals surface area contributed by atoms with Crippen LogP contribution >= 0.6 is 0 Å². The van der Waals surface area contributed by atoms with Crippen molar-refractivity contribution in [1.29, 1.82) is 0 Å². The number of amides is 1. The van der Waals surface area contributed by atoms with Gasteiger partial charge in [0.2, 0.25) is 0 Å². The highest BCUT2D eigenvalue weighted by atomic mass is 28.4. The van der Waals surface area contributed by atoms with Gasteiger partial charge in [-0.2, -0.15) is 0 Å². The van der Waals surface area contributed by atoms with Crippen LogP contribution in [0, 0.1) is 0 Å². The van der Waals surface area contributed by atoms with Gasteiger partial charge in [0.15, 0.2) is 0 Å². The topological polar surface area (TPSA) is 92.3 Å². The molecule has 3 unspecified atom stereocenters. The monoisotopic (exact) mass is 405 g/mol. The van der Waals surface area contributed by atoms with Crippen LogP contribution in [-0.2, 0) is 27.5 Å². The predicted molar refractivity (Wildman–Crippen MR) is 104 cm³/mol. The Morgan fingerprint density at radius 3 is 1.74 bits per heavy atom. The molecule has 1 N–H and O–H groups in total. The maximum Gasteiger partial charge on any atom is 0.524 e. The summed E-state index contributed by atoms with van der Waals surface area (Å²) in [6, 6.07) is 0. The maximum absolute atomic E-state index is 12.4. The summed E-state index contributed by atoms with van der Waals surface area (Å²) >= 11 is 0. The summed E-state index contributed by atoms with van der Waals surface area (Å²) in [4.78, 5) is 24.0. The second-order valence-corrected chi connectivity index (χ2v) is 8.78. The van der Waals surface area contributed by atoms with Crippen LogP contribution in [0.15, 0.2) is 12.2 Å². The van der Waals surface area contributed by atoms with Gasteiger partial charge in [0.25, 0.3) is 0 Å². The Morgan fingerprint density at radius 2 is 1.37 bits per heavy atom. The molecule has 27 heavy (non-hydrogen) atoms. The normalized spacial score (nSPS) is 14.8. The number of carbonyl (C=O) groups is 2. The molecule has 0 rings (SSSR count). The van der Waals surface area contributed by atoms with E-state index < -0.39 is 38.7 Å². The van der Waals surface area contributed by atoms with Crippen molar-refractivity contribution in [3.05, 3.63) is 12.2 Å². The van der Waals surface area contributed by atoms with E-state index in [-0.39, 0.29) is 5.57 Å². The van der Waals surface area contributed by atoms with E-state index in [1.54, 1.807) is 20.8 Å². The fourth-order valence-electron chi connectivity index (χ4n) is 2.28. The molecule has 0 aromatic rings. The first kappa shape index (κ1) is 25.6. The van der Waals surface area contributed by atoms with Gasteiger partial charge in [0.1, 0.15) is 17.9 Å². The van der Waals surface area contributed by atoms with E-state index in [1.165, 1.54) is 0 Å². The molecule has 0 spiro atoms. The van der Waals surface area contributed by atoms with Gasteiger partial charge in [-0.3, -0.25) is 0 Å². The van der Waals surface area contributed by atoms with Gasteiger partial charge in [-0.05, 0) is 48.0 Å². The minimum atomic E-state index is -3.12. The number of esters is 1. The third-order valence-corrected chi connectivity index (χ3v) is 7.24.